The minimum atomic E-state index is 0.369. The van der Waals surface area contributed by atoms with Crippen molar-refractivity contribution in [2.24, 2.45) is 0 Å². The Hall–Kier alpha value is -1.20. The molecule has 1 aliphatic rings. The van der Waals surface area contributed by atoms with Crippen LogP contribution in [0.1, 0.15) is 25.3 Å². The molecule has 0 saturated heterocycles. The van der Waals surface area contributed by atoms with E-state index < -0.39 is 0 Å². The summed E-state index contributed by atoms with van der Waals surface area (Å²) in [6.45, 7) is 0. The number of aromatic nitrogens is 3. The molecule has 90 valence electrons. The summed E-state index contributed by atoms with van der Waals surface area (Å²) in [5, 5.41) is 0. The van der Waals surface area contributed by atoms with E-state index in [1.54, 1.807) is 7.11 Å². The summed E-state index contributed by atoms with van der Waals surface area (Å²) >= 11 is 5.40. The zero-order chi connectivity index (χ0) is 11.8. The van der Waals surface area contributed by atoms with Gasteiger partial charge in [-0.2, -0.15) is 0 Å². The highest BCUT2D eigenvalue weighted by atomic mass is 32.1. The lowest BCUT2D eigenvalue weighted by Crippen LogP contribution is -2.08. The van der Waals surface area contributed by atoms with E-state index >= 15 is 0 Å². The summed E-state index contributed by atoms with van der Waals surface area (Å²) in [7, 11) is 1.78. The summed E-state index contributed by atoms with van der Waals surface area (Å²) in [4.78, 5) is 7.32. The van der Waals surface area contributed by atoms with Gasteiger partial charge in [0.15, 0.2) is 4.77 Å². The number of pyridine rings is 1. The lowest BCUT2D eigenvalue weighted by Gasteiger charge is -2.13. The van der Waals surface area contributed by atoms with Crippen molar-refractivity contribution in [1.29, 1.82) is 0 Å². The first-order chi connectivity index (χ1) is 8.29. The maximum atomic E-state index is 5.42. The number of H-pyrrole nitrogens is 1. The second-order valence-corrected chi connectivity index (χ2v) is 4.90. The maximum absolute atomic E-state index is 5.42. The molecule has 1 saturated carbocycles. The van der Waals surface area contributed by atoms with Crippen molar-refractivity contribution in [3.63, 3.8) is 0 Å². The minimum Gasteiger partial charge on any atom is -0.381 e. The quantitative estimate of drug-likeness (QED) is 0.832. The molecule has 2 heterocycles. The lowest BCUT2D eigenvalue weighted by atomic mass is 10.2. The SMILES string of the molecule is COC1CCC(n2c(=S)[nH]c3cnccc32)C1. The van der Waals surface area contributed by atoms with Crippen molar-refractivity contribution < 1.29 is 4.74 Å². The lowest BCUT2D eigenvalue weighted by molar-refractivity contribution is 0.106. The summed E-state index contributed by atoms with van der Waals surface area (Å²) in [5.74, 6) is 0. The van der Waals surface area contributed by atoms with Crippen LogP contribution in [0, 0.1) is 4.77 Å². The fourth-order valence-corrected chi connectivity index (χ4v) is 3.06. The summed E-state index contributed by atoms with van der Waals surface area (Å²) in [6, 6.07) is 2.46. The number of nitrogens with zero attached hydrogens (tertiary/aromatic N) is 2. The molecule has 0 bridgehead atoms. The van der Waals surface area contributed by atoms with E-state index in [0.29, 0.717) is 12.1 Å². The third-order valence-corrected chi connectivity index (χ3v) is 3.87. The molecule has 3 rings (SSSR count). The van der Waals surface area contributed by atoms with Gasteiger partial charge in [-0.05, 0) is 37.5 Å². The molecule has 1 aliphatic carbocycles. The van der Waals surface area contributed by atoms with Crippen LogP contribution in [0.4, 0.5) is 0 Å². The normalized spacial score (nSPS) is 24.5. The molecule has 0 amide bonds. The highest BCUT2D eigenvalue weighted by molar-refractivity contribution is 7.71. The number of fused-ring (bicyclic) bond motifs is 1. The molecule has 2 aromatic rings. The molecule has 17 heavy (non-hydrogen) atoms. The first kappa shape index (κ1) is 10.9. The van der Waals surface area contributed by atoms with Gasteiger partial charge in [0.1, 0.15) is 0 Å². The van der Waals surface area contributed by atoms with Crippen molar-refractivity contribution in [3.8, 4) is 0 Å². The van der Waals surface area contributed by atoms with E-state index in [1.165, 1.54) is 0 Å². The van der Waals surface area contributed by atoms with E-state index in [2.05, 4.69) is 14.5 Å². The van der Waals surface area contributed by atoms with Gasteiger partial charge in [0.2, 0.25) is 0 Å². The van der Waals surface area contributed by atoms with Crippen LogP contribution in [0.5, 0.6) is 0 Å². The van der Waals surface area contributed by atoms with E-state index in [4.69, 9.17) is 17.0 Å². The standard InChI is InChI=1S/C12H15N3OS/c1-16-9-3-2-8(6-9)15-11-4-5-13-7-10(11)14-12(15)17/h4-5,7-9H,2-3,6H2,1H3,(H,14,17). The molecule has 0 aliphatic heterocycles. The second kappa shape index (κ2) is 4.23. The monoisotopic (exact) mass is 249 g/mol. The van der Waals surface area contributed by atoms with Crippen LogP contribution in [0.2, 0.25) is 0 Å². The number of aromatic amines is 1. The fourth-order valence-electron chi connectivity index (χ4n) is 2.71. The second-order valence-electron chi connectivity index (χ2n) is 4.52. The average Bonchev–Trinajstić information content (AvgIpc) is 2.91. The molecule has 0 aromatic carbocycles. The van der Waals surface area contributed by atoms with Crippen LogP contribution in [-0.2, 0) is 4.74 Å². The van der Waals surface area contributed by atoms with Crippen LogP contribution in [0.15, 0.2) is 18.5 Å². The van der Waals surface area contributed by atoms with Crippen LogP contribution in [-0.4, -0.2) is 27.7 Å². The molecule has 0 radical (unpaired) electrons. The smallest absolute Gasteiger partial charge is 0.178 e. The van der Waals surface area contributed by atoms with Gasteiger partial charge in [-0.3, -0.25) is 4.98 Å². The van der Waals surface area contributed by atoms with Crippen LogP contribution in [0.25, 0.3) is 11.0 Å². The molecular formula is C12H15N3OS. The number of imidazole rings is 1. The van der Waals surface area contributed by atoms with Gasteiger partial charge < -0.3 is 14.3 Å². The first-order valence-electron chi connectivity index (χ1n) is 5.86. The molecule has 1 N–H and O–H groups in total. The van der Waals surface area contributed by atoms with E-state index in [0.717, 1.165) is 35.1 Å². The van der Waals surface area contributed by atoms with Gasteiger partial charge in [0.25, 0.3) is 0 Å². The number of methoxy groups -OCH3 is 1. The number of nitrogens with one attached hydrogen (secondary N) is 1. The van der Waals surface area contributed by atoms with E-state index in [9.17, 15) is 0 Å². The Balaban J connectivity index is 2.06. The van der Waals surface area contributed by atoms with Crippen molar-refractivity contribution in [1.82, 2.24) is 14.5 Å². The average molecular weight is 249 g/mol. The molecule has 2 unspecified atom stereocenters. The Labute approximate surface area is 105 Å². The molecule has 0 spiro atoms. The van der Waals surface area contributed by atoms with Crippen molar-refractivity contribution in [3.05, 3.63) is 23.2 Å². The zero-order valence-corrected chi connectivity index (χ0v) is 10.5. The highest BCUT2D eigenvalue weighted by Gasteiger charge is 2.27. The van der Waals surface area contributed by atoms with Gasteiger partial charge in [0, 0.05) is 19.3 Å². The summed E-state index contributed by atoms with van der Waals surface area (Å²) < 4.78 is 8.42. The molecule has 4 nitrogen and oxygen atoms in total. The van der Waals surface area contributed by atoms with Crippen molar-refractivity contribution >= 4 is 23.3 Å². The Morgan fingerprint density at radius 2 is 2.41 bits per heavy atom. The summed E-state index contributed by atoms with van der Waals surface area (Å²) in [6.07, 6.45) is 7.28. The molecular weight excluding hydrogens is 234 g/mol. The van der Waals surface area contributed by atoms with Gasteiger partial charge in [-0.15, -0.1) is 0 Å². The van der Waals surface area contributed by atoms with Crippen molar-refractivity contribution in [2.75, 3.05) is 7.11 Å². The van der Waals surface area contributed by atoms with E-state index in [-0.39, 0.29) is 0 Å². The largest absolute Gasteiger partial charge is 0.381 e. The van der Waals surface area contributed by atoms with E-state index in [1.807, 2.05) is 18.5 Å². The Bertz CT molecular complexity index is 589. The number of rotatable bonds is 2. The zero-order valence-electron chi connectivity index (χ0n) is 9.72. The predicted molar refractivity (Wildman–Crippen MR) is 68.6 cm³/mol. The van der Waals surface area contributed by atoms with Crippen LogP contribution >= 0.6 is 12.2 Å². The van der Waals surface area contributed by atoms with Gasteiger partial charge in [-0.25, -0.2) is 0 Å². The van der Waals surface area contributed by atoms with Gasteiger partial charge in [-0.1, -0.05) is 0 Å². The first-order valence-corrected chi connectivity index (χ1v) is 6.27. The summed E-state index contributed by atoms with van der Waals surface area (Å²) in [5.41, 5.74) is 2.16. The molecule has 1 fully saturated rings. The Morgan fingerprint density at radius 1 is 1.53 bits per heavy atom. The number of hydrogen-bond donors (Lipinski definition) is 1. The third-order valence-electron chi connectivity index (χ3n) is 3.57. The minimum absolute atomic E-state index is 0.369. The maximum Gasteiger partial charge on any atom is 0.178 e. The van der Waals surface area contributed by atoms with Crippen molar-refractivity contribution in [2.45, 2.75) is 31.4 Å². The number of ether oxygens (including phenoxy) is 1. The number of hydrogen-bond acceptors (Lipinski definition) is 3. The Morgan fingerprint density at radius 3 is 3.18 bits per heavy atom. The van der Waals surface area contributed by atoms with Crippen LogP contribution < -0.4 is 0 Å². The van der Waals surface area contributed by atoms with Crippen LogP contribution in [0.3, 0.4) is 0 Å². The Kier molecular flexibility index (Phi) is 2.72. The molecule has 5 heteroatoms. The highest BCUT2D eigenvalue weighted by Crippen LogP contribution is 2.33. The fraction of sp³-hybridized carbons (Fsp3) is 0.500. The molecule has 2 aromatic heterocycles. The predicted octanol–water partition coefficient (Wildman–Crippen LogP) is 2.83. The van der Waals surface area contributed by atoms with Gasteiger partial charge >= 0.3 is 0 Å². The molecule has 2 atom stereocenters. The van der Waals surface area contributed by atoms with Gasteiger partial charge in [0.05, 0.1) is 23.3 Å². The third kappa shape index (κ3) is 1.79. The topological polar surface area (TPSA) is 42.8 Å².